The van der Waals surface area contributed by atoms with Gasteiger partial charge in [-0.1, -0.05) is 36.6 Å². The second-order valence-corrected chi connectivity index (χ2v) is 6.26. The molecule has 1 aliphatic rings. The predicted octanol–water partition coefficient (Wildman–Crippen LogP) is 2.02. The third-order valence-electron chi connectivity index (χ3n) is 4.53. The summed E-state index contributed by atoms with van der Waals surface area (Å²) >= 11 is 5.80. The summed E-state index contributed by atoms with van der Waals surface area (Å²) in [6.45, 7) is 0. The van der Waals surface area contributed by atoms with Gasteiger partial charge in [0.05, 0.1) is 12.5 Å². The van der Waals surface area contributed by atoms with Gasteiger partial charge in [-0.2, -0.15) is 0 Å². The van der Waals surface area contributed by atoms with E-state index < -0.39 is 17.6 Å². The molecule has 0 heterocycles. The van der Waals surface area contributed by atoms with Crippen LogP contribution in [0.25, 0.3) is 0 Å². The second kappa shape index (κ2) is 6.67. The van der Waals surface area contributed by atoms with Crippen molar-refractivity contribution in [2.24, 2.45) is 5.73 Å². The van der Waals surface area contributed by atoms with E-state index in [1.54, 1.807) is 31.3 Å². The van der Waals surface area contributed by atoms with Gasteiger partial charge >= 0.3 is 0 Å². The molecule has 0 aliphatic heterocycles. The third-order valence-corrected chi connectivity index (χ3v) is 4.78. The number of hydrogen-bond donors (Lipinski definition) is 2. The Morgan fingerprint density at radius 1 is 1.32 bits per heavy atom. The number of nitrogens with zero attached hydrogens (tertiary/aromatic N) is 1. The van der Waals surface area contributed by atoms with Gasteiger partial charge in [-0.25, -0.2) is 0 Å². The van der Waals surface area contributed by atoms with E-state index in [2.05, 4.69) is 0 Å². The van der Waals surface area contributed by atoms with Crippen molar-refractivity contribution in [3.8, 4) is 0 Å². The lowest BCUT2D eigenvalue weighted by Crippen LogP contribution is -2.56. The zero-order valence-electron chi connectivity index (χ0n) is 12.6. The molecule has 120 valence electrons. The predicted molar refractivity (Wildman–Crippen MR) is 84.2 cm³/mol. The molecule has 0 radical (unpaired) electrons. The molecule has 1 aliphatic carbocycles. The molecule has 1 saturated carbocycles. The maximum Gasteiger partial charge on any atom is 0.243 e. The Morgan fingerprint density at radius 2 is 1.86 bits per heavy atom. The SMILES string of the molecule is CN(C(=O)CC(O)c1ccc(Cl)cc1)C1(C(N)=O)CCCC1. The fourth-order valence-corrected chi connectivity index (χ4v) is 3.18. The lowest BCUT2D eigenvalue weighted by molar-refractivity contribution is -0.145. The van der Waals surface area contributed by atoms with Gasteiger partial charge in [0, 0.05) is 12.1 Å². The number of carbonyl (C=O) groups is 2. The van der Waals surface area contributed by atoms with E-state index in [0.717, 1.165) is 12.8 Å². The highest BCUT2D eigenvalue weighted by Gasteiger charge is 2.45. The first-order valence-corrected chi connectivity index (χ1v) is 7.75. The smallest absolute Gasteiger partial charge is 0.243 e. The Hall–Kier alpha value is -1.59. The monoisotopic (exact) mass is 324 g/mol. The first kappa shape index (κ1) is 16.8. The van der Waals surface area contributed by atoms with Crippen LogP contribution in [0.5, 0.6) is 0 Å². The van der Waals surface area contributed by atoms with E-state index in [1.165, 1.54) is 4.90 Å². The van der Waals surface area contributed by atoms with Crippen LogP contribution in [0.3, 0.4) is 0 Å². The number of hydrogen-bond acceptors (Lipinski definition) is 3. The summed E-state index contributed by atoms with van der Waals surface area (Å²) in [6, 6.07) is 6.69. The minimum atomic E-state index is -0.932. The Kier molecular flexibility index (Phi) is 5.08. The molecule has 0 saturated heterocycles. The van der Waals surface area contributed by atoms with E-state index in [1.807, 2.05) is 0 Å². The topological polar surface area (TPSA) is 83.6 Å². The number of amides is 2. The number of benzene rings is 1. The number of carbonyl (C=O) groups excluding carboxylic acids is 2. The number of nitrogens with two attached hydrogens (primary N) is 1. The summed E-state index contributed by atoms with van der Waals surface area (Å²) in [7, 11) is 1.59. The van der Waals surface area contributed by atoms with E-state index in [0.29, 0.717) is 23.4 Å². The Balaban J connectivity index is 2.07. The average Bonchev–Trinajstić information content (AvgIpc) is 2.97. The number of halogens is 1. The third kappa shape index (κ3) is 3.25. The van der Waals surface area contributed by atoms with Gasteiger partial charge in [0.1, 0.15) is 5.54 Å². The van der Waals surface area contributed by atoms with Crippen LogP contribution in [0.15, 0.2) is 24.3 Å². The summed E-state index contributed by atoms with van der Waals surface area (Å²) in [5.74, 6) is -0.759. The van der Waals surface area contributed by atoms with Gasteiger partial charge in [-0.05, 0) is 30.5 Å². The molecule has 22 heavy (non-hydrogen) atoms. The molecule has 1 aromatic rings. The molecule has 3 N–H and O–H groups in total. The largest absolute Gasteiger partial charge is 0.388 e. The molecule has 1 aromatic carbocycles. The highest BCUT2D eigenvalue weighted by Crippen LogP contribution is 2.35. The highest BCUT2D eigenvalue weighted by molar-refractivity contribution is 6.30. The first-order chi connectivity index (χ1) is 10.4. The molecule has 2 rings (SSSR count). The number of primary amides is 1. The van der Waals surface area contributed by atoms with Crippen molar-refractivity contribution in [1.29, 1.82) is 0 Å². The highest BCUT2D eigenvalue weighted by atomic mass is 35.5. The van der Waals surface area contributed by atoms with Crippen molar-refractivity contribution in [2.75, 3.05) is 7.05 Å². The molecule has 5 nitrogen and oxygen atoms in total. The summed E-state index contributed by atoms with van der Waals surface area (Å²) in [5, 5.41) is 10.8. The summed E-state index contributed by atoms with van der Waals surface area (Å²) in [6.07, 6.45) is 1.90. The molecular weight excluding hydrogens is 304 g/mol. The van der Waals surface area contributed by atoms with E-state index in [4.69, 9.17) is 17.3 Å². The molecule has 2 amide bonds. The number of aliphatic hydroxyl groups excluding tert-OH is 1. The van der Waals surface area contributed by atoms with Crippen LogP contribution in [0.1, 0.15) is 43.8 Å². The zero-order chi connectivity index (χ0) is 16.3. The molecule has 6 heteroatoms. The number of likely N-dealkylation sites (N-methyl/N-ethyl adjacent to an activating group) is 1. The van der Waals surface area contributed by atoms with Gasteiger partial charge in [0.2, 0.25) is 11.8 Å². The number of rotatable bonds is 5. The fourth-order valence-electron chi connectivity index (χ4n) is 3.05. The number of aliphatic hydroxyl groups is 1. The maximum absolute atomic E-state index is 12.4. The second-order valence-electron chi connectivity index (χ2n) is 5.83. The van der Waals surface area contributed by atoms with Gasteiger partial charge in [-0.3, -0.25) is 9.59 Å². The molecule has 1 unspecified atom stereocenters. The van der Waals surface area contributed by atoms with Crippen molar-refractivity contribution >= 4 is 23.4 Å². The molecule has 0 aromatic heterocycles. The zero-order valence-corrected chi connectivity index (χ0v) is 13.3. The van der Waals surface area contributed by atoms with Crippen molar-refractivity contribution in [1.82, 2.24) is 4.90 Å². The van der Waals surface area contributed by atoms with E-state index in [-0.39, 0.29) is 12.3 Å². The summed E-state index contributed by atoms with van der Waals surface area (Å²) in [5.41, 5.74) is 5.23. The minimum Gasteiger partial charge on any atom is -0.388 e. The van der Waals surface area contributed by atoms with Crippen LogP contribution in [-0.2, 0) is 9.59 Å². The van der Waals surface area contributed by atoms with Crippen molar-refractivity contribution in [3.63, 3.8) is 0 Å². The average molecular weight is 325 g/mol. The van der Waals surface area contributed by atoms with Crippen LogP contribution < -0.4 is 5.73 Å². The first-order valence-electron chi connectivity index (χ1n) is 7.37. The summed E-state index contributed by atoms with van der Waals surface area (Å²) in [4.78, 5) is 25.7. The molecule has 0 spiro atoms. The lowest BCUT2D eigenvalue weighted by atomic mass is 9.93. The normalized spacial score (nSPS) is 18.0. The van der Waals surface area contributed by atoms with Crippen molar-refractivity contribution in [3.05, 3.63) is 34.9 Å². The molecule has 0 bridgehead atoms. The van der Waals surface area contributed by atoms with Crippen molar-refractivity contribution in [2.45, 2.75) is 43.7 Å². The summed E-state index contributed by atoms with van der Waals surface area (Å²) < 4.78 is 0. The quantitative estimate of drug-likeness (QED) is 0.869. The molecule has 1 fully saturated rings. The lowest BCUT2D eigenvalue weighted by Gasteiger charge is -2.36. The van der Waals surface area contributed by atoms with Crippen molar-refractivity contribution < 1.29 is 14.7 Å². The van der Waals surface area contributed by atoms with E-state index >= 15 is 0 Å². The van der Waals surface area contributed by atoms with Gasteiger partial charge < -0.3 is 15.7 Å². The van der Waals surface area contributed by atoms with Crippen LogP contribution in [0, 0.1) is 0 Å². The van der Waals surface area contributed by atoms with Crippen LogP contribution in [0.4, 0.5) is 0 Å². The van der Waals surface area contributed by atoms with Gasteiger partial charge in [0.25, 0.3) is 0 Å². The minimum absolute atomic E-state index is 0.0901. The Bertz CT molecular complexity index is 553. The van der Waals surface area contributed by atoms with Crippen LogP contribution in [-0.4, -0.2) is 34.4 Å². The molecule has 1 atom stereocenters. The Morgan fingerprint density at radius 3 is 2.36 bits per heavy atom. The van der Waals surface area contributed by atoms with Crippen LogP contribution in [0.2, 0.25) is 5.02 Å². The molecular formula is C16H21ClN2O3. The maximum atomic E-state index is 12.4. The van der Waals surface area contributed by atoms with Gasteiger partial charge in [0.15, 0.2) is 0 Å². The Labute approximate surface area is 135 Å². The van der Waals surface area contributed by atoms with Gasteiger partial charge in [-0.15, -0.1) is 0 Å². The fraction of sp³-hybridized carbons (Fsp3) is 0.500. The standard InChI is InChI=1S/C16H21ClN2O3/c1-19(16(15(18)22)8-2-3-9-16)14(21)10-13(20)11-4-6-12(17)7-5-11/h4-7,13,20H,2-3,8-10H2,1H3,(H2,18,22). The van der Waals surface area contributed by atoms with E-state index in [9.17, 15) is 14.7 Å². The van der Waals surface area contributed by atoms with Crippen LogP contribution >= 0.6 is 11.6 Å².